The van der Waals surface area contributed by atoms with Crippen molar-refractivity contribution in [2.45, 2.75) is 70.5 Å². The highest BCUT2D eigenvalue weighted by Gasteiger charge is 2.62. The molecule has 3 aliphatic heterocycles. The molecule has 2 aromatic rings. The Morgan fingerprint density at radius 1 is 1.27 bits per heavy atom. The number of hydrogen-bond donors (Lipinski definition) is 3. The van der Waals surface area contributed by atoms with Gasteiger partial charge >= 0.3 is 11.6 Å². The van der Waals surface area contributed by atoms with Crippen molar-refractivity contribution in [1.29, 1.82) is 0 Å². The summed E-state index contributed by atoms with van der Waals surface area (Å²) in [7, 11) is 0. The van der Waals surface area contributed by atoms with Crippen LogP contribution in [-0.4, -0.2) is 59.3 Å². The predicted octanol–water partition coefficient (Wildman–Crippen LogP) is 3.56. The van der Waals surface area contributed by atoms with Crippen LogP contribution in [0.2, 0.25) is 0 Å². The number of benzene rings is 1. The summed E-state index contributed by atoms with van der Waals surface area (Å²) in [6.07, 6.45) is 10.6. The monoisotopic (exact) mass is 615 g/mol. The van der Waals surface area contributed by atoms with E-state index >= 15 is 0 Å². The molecule has 4 N–H and O–H groups in total. The SMILES string of the molecule is CC=C(C)C(=O)OC1(C)CC=CC(C2=C(CC(=O)N3CCC3)CNC(N)=C2)C12Cc1cc3cc(CCCO)c(=O)oc3cc1O2. The van der Waals surface area contributed by atoms with Crippen molar-refractivity contribution in [3.63, 3.8) is 0 Å². The lowest BCUT2D eigenvalue weighted by Gasteiger charge is -2.51. The number of nitrogens with zero attached hydrogens (tertiary/aromatic N) is 1. The van der Waals surface area contributed by atoms with Crippen LogP contribution in [0.5, 0.6) is 5.75 Å². The molecule has 3 atom stereocenters. The molecular formula is C35H41N3O7. The average Bonchev–Trinajstić information content (AvgIpc) is 3.35. The fraction of sp³-hybridized carbons (Fsp3) is 0.457. The number of aryl methyl sites for hydroxylation is 1. The quantitative estimate of drug-likeness (QED) is 0.176. The Morgan fingerprint density at radius 2 is 2.07 bits per heavy atom. The minimum Gasteiger partial charge on any atom is -0.481 e. The summed E-state index contributed by atoms with van der Waals surface area (Å²) in [5.74, 6) is 0.257. The van der Waals surface area contributed by atoms with E-state index in [1.807, 2.05) is 36.1 Å². The second-order valence-electron chi connectivity index (χ2n) is 12.7. The first-order valence-corrected chi connectivity index (χ1v) is 15.7. The van der Waals surface area contributed by atoms with E-state index in [1.165, 1.54) is 0 Å². The van der Waals surface area contributed by atoms with Gasteiger partial charge in [0.25, 0.3) is 0 Å². The number of nitrogens with two attached hydrogens (primary N) is 1. The number of esters is 1. The number of aliphatic hydroxyl groups is 1. The fourth-order valence-electron chi connectivity index (χ4n) is 6.84. The highest BCUT2D eigenvalue weighted by molar-refractivity contribution is 5.88. The Bertz CT molecular complexity index is 1730. The third-order valence-corrected chi connectivity index (χ3v) is 9.78. The Hall–Kier alpha value is -4.31. The molecule has 0 bridgehead atoms. The van der Waals surface area contributed by atoms with Gasteiger partial charge in [-0.25, -0.2) is 9.59 Å². The Labute approximate surface area is 262 Å². The van der Waals surface area contributed by atoms with Gasteiger partial charge in [-0.05, 0) is 75.0 Å². The number of carbonyl (C=O) groups excluding carboxylic acids is 2. The van der Waals surface area contributed by atoms with Crippen molar-refractivity contribution in [2.24, 2.45) is 11.7 Å². The number of likely N-dealkylation sites (tertiary alicyclic amines) is 1. The minimum atomic E-state index is -1.11. The van der Waals surface area contributed by atoms with E-state index in [-0.39, 0.29) is 18.9 Å². The Morgan fingerprint density at radius 3 is 2.78 bits per heavy atom. The zero-order valence-electron chi connectivity index (χ0n) is 26.1. The topological polar surface area (TPSA) is 144 Å². The van der Waals surface area contributed by atoms with Crippen molar-refractivity contribution in [3.05, 3.63) is 86.6 Å². The van der Waals surface area contributed by atoms with Crippen LogP contribution < -0.4 is 21.4 Å². The first-order valence-electron chi connectivity index (χ1n) is 15.7. The number of ether oxygens (including phenoxy) is 2. The molecule has 1 spiro atoms. The van der Waals surface area contributed by atoms with Crippen LogP contribution in [0.1, 0.15) is 57.6 Å². The number of hydrogen-bond acceptors (Lipinski definition) is 9. The lowest BCUT2D eigenvalue weighted by atomic mass is 9.63. The van der Waals surface area contributed by atoms with E-state index in [0.29, 0.717) is 60.5 Å². The number of rotatable bonds is 8. The van der Waals surface area contributed by atoms with Gasteiger partial charge in [-0.2, -0.15) is 0 Å². The molecule has 1 saturated heterocycles. The number of aliphatic hydroxyl groups excluding tert-OH is 1. The van der Waals surface area contributed by atoms with E-state index in [9.17, 15) is 19.5 Å². The molecule has 0 saturated carbocycles. The van der Waals surface area contributed by atoms with Crippen molar-refractivity contribution >= 4 is 22.8 Å². The molecule has 10 nitrogen and oxygen atoms in total. The second-order valence-corrected chi connectivity index (χ2v) is 12.7. The molecule has 4 heterocycles. The van der Waals surface area contributed by atoms with Crippen molar-refractivity contribution in [2.75, 3.05) is 26.2 Å². The number of nitrogens with one attached hydrogen (secondary N) is 1. The number of dihydropyridines is 1. The van der Waals surface area contributed by atoms with Gasteiger partial charge in [0.15, 0.2) is 11.2 Å². The van der Waals surface area contributed by atoms with Gasteiger partial charge in [0.1, 0.15) is 11.3 Å². The fourth-order valence-corrected chi connectivity index (χ4v) is 6.84. The first-order chi connectivity index (χ1) is 21.6. The molecule has 1 fully saturated rings. The smallest absolute Gasteiger partial charge is 0.339 e. The standard InChI is InChI=1S/C35H41N3O7/c1-4-21(2)32(41)45-34(3)10-5-9-27(26-17-30(36)37-20-25(26)16-31(40)38-11-7-12-38)35(34)19-24-15-23-14-22(8-6-13-39)33(42)43-28(23)18-29(24)44-35/h4-5,9,14-15,17-18,27,37,39H,6-8,10-13,16,19-20,36H2,1-3H3. The number of amides is 1. The summed E-state index contributed by atoms with van der Waals surface area (Å²) in [5.41, 5.74) is 7.74. The highest BCUT2D eigenvalue weighted by Crippen LogP contribution is 2.54. The van der Waals surface area contributed by atoms with Crippen LogP contribution in [-0.2, 0) is 27.2 Å². The van der Waals surface area contributed by atoms with E-state index in [2.05, 4.69) is 11.4 Å². The lowest BCUT2D eigenvalue weighted by molar-refractivity contribution is -0.185. The van der Waals surface area contributed by atoms with Gasteiger partial charge in [-0.15, -0.1) is 0 Å². The number of carbonyl (C=O) groups is 2. The van der Waals surface area contributed by atoms with Gasteiger partial charge in [0.05, 0.1) is 12.2 Å². The molecule has 238 valence electrons. The van der Waals surface area contributed by atoms with Crippen LogP contribution >= 0.6 is 0 Å². The maximum atomic E-state index is 13.3. The van der Waals surface area contributed by atoms with E-state index in [4.69, 9.17) is 19.6 Å². The van der Waals surface area contributed by atoms with Gasteiger partial charge in [0.2, 0.25) is 5.91 Å². The maximum absolute atomic E-state index is 13.3. The molecule has 3 unspecified atom stereocenters. The molecule has 0 radical (unpaired) electrons. The molecule has 1 aromatic carbocycles. The van der Waals surface area contributed by atoms with Gasteiger partial charge in [0, 0.05) is 67.6 Å². The third-order valence-electron chi connectivity index (χ3n) is 9.78. The molecular weight excluding hydrogens is 574 g/mol. The van der Waals surface area contributed by atoms with Gasteiger partial charge in [-0.1, -0.05) is 18.2 Å². The molecule has 10 heteroatoms. The maximum Gasteiger partial charge on any atom is 0.339 e. The third kappa shape index (κ3) is 5.45. The van der Waals surface area contributed by atoms with E-state index < -0.39 is 28.7 Å². The van der Waals surface area contributed by atoms with Crippen LogP contribution in [0.25, 0.3) is 11.0 Å². The molecule has 1 aliphatic carbocycles. The zero-order chi connectivity index (χ0) is 31.9. The average molecular weight is 616 g/mol. The summed E-state index contributed by atoms with van der Waals surface area (Å²) < 4.78 is 19.0. The zero-order valence-corrected chi connectivity index (χ0v) is 26.1. The second kappa shape index (κ2) is 11.9. The van der Waals surface area contributed by atoms with Crippen molar-refractivity contribution in [3.8, 4) is 5.75 Å². The molecule has 6 rings (SSSR count). The van der Waals surface area contributed by atoms with Gasteiger partial charge < -0.3 is 34.9 Å². The van der Waals surface area contributed by atoms with Gasteiger partial charge in [-0.3, -0.25) is 4.79 Å². The van der Waals surface area contributed by atoms with E-state index in [1.54, 1.807) is 26.0 Å². The highest BCUT2D eigenvalue weighted by atomic mass is 16.6. The molecule has 4 aliphatic rings. The molecule has 1 aromatic heterocycles. The summed E-state index contributed by atoms with van der Waals surface area (Å²) in [6, 6.07) is 5.52. The van der Waals surface area contributed by atoms with Crippen LogP contribution in [0.15, 0.2) is 74.3 Å². The summed E-state index contributed by atoms with van der Waals surface area (Å²) in [5, 5.41) is 13.2. The van der Waals surface area contributed by atoms with Crippen LogP contribution in [0, 0.1) is 5.92 Å². The first kappa shape index (κ1) is 30.7. The summed E-state index contributed by atoms with van der Waals surface area (Å²) in [4.78, 5) is 41.1. The number of fused-ring (bicyclic) bond motifs is 2. The molecule has 1 amide bonds. The van der Waals surface area contributed by atoms with E-state index in [0.717, 1.165) is 41.6 Å². The largest absolute Gasteiger partial charge is 0.481 e. The number of allylic oxidation sites excluding steroid dienone is 2. The van der Waals surface area contributed by atoms with Crippen LogP contribution in [0.3, 0.4) is 0 Å². The van der Waals surface area contributed by atoms with Crippen LogP contribution in [0.4, 0.5) is 0 Å². The summed E-state index contributed by atoms with van der Waals surface area (Å²) in [6.45, 7) is 7.35. The minimum absolute atomic E-state index is 0.0210. The Balaban J connectivity index is 1.48. The Kier molecular flexibility index (Phi) is 8.11. The molecule has 45 heavy (non-hydrogen) atoms. The lowest BCUT2D eigenvalue weighted by Crippen LogP contribution is -2.63. The summed E-state index contributed by atoms with van der Waals surface area (Å²) >= 11 is 0. The predicted molar refractivity (Wildman–Crippen MR) is 169 cm³/mol. The normalized spacial score (nSPS) is 25.9. The van der Waals surface area contributed by atoms with Crippen molar-refractivity contribution < 1.29 is 28.6 Å². The van der Waals surface area contributed by atoms with Crippen molar-refractivity contribution in [1.82, 2.24) is 10.2 Å².